The summed E-state index contributed by atoms with van der Waals surface area (Å²) in [6.45, 7) is 24.1. The highest BCUT2D eigenvalue weighted by Crippen LogP contribution is 2.41. The number of rotatable bonds is 7. The van der Waals surface area contributed by atoms with Gasteiger partial charge in [-0.1, -0.05) is 93.5 Å². The summed E-state index contributed by atoms with van der Waals surface area (Å²) in [6.07, 6.45) is 0. The lowest BCUT2D eigenvalue weighted by Crippen LogP contribution is -2.32. The monoisotopic (exact) mass is 590 g/mol. The third-order valence-electron chi connectivity index (χ3n) is 7.24. The number of azide groups is 1. The van der Waals surface area contributed by atoms with Gasteiger partial charge in [-0.2, -0.15) is 0 Å². The van der Waals surface area contributed by atoms with Crippen LogP contribution in [0.2, 0.25) is 0 Å². The molecule has 2 aromatic carbocycles. The highest BCUT2D eigenvalue weighted by Gasteiger charge is 2.42. The van der Waals surface area contributed by atoms with E-state index in [-0.39, 0.29) is 22.6 Å². The number of fused-ring (bicyclic) bond motifs is 1. The molecule has 1 aliphatic rings. The van der Waals surface area contributed by atoms with Gasteiger partial charge in [-0.15, -0.1) is 0 Å². The van der Waals surface area contributed by atoms with E-state index in [0.29, 0.717) is 16.7 Å². The molecule has 1 aliphatic heterocycles. The second-order valence-corrected chi connectivity index (χ2v) is 15.8. The van der Waals surface area contributed by atoms with Gasteiger partial charge in [0.1, 0.15) is 0 Å². The Balaban J connectivity index is 0.000000281. The zero-order chi connectivity index (χ0) is 31.0. The molecule has 0 saturated carbocycles. The number of hydrogen-bond acceptors (Lipinski definition) is 4. The lowest BCUT2D eigenvalue weighted by molar-refractivity contribution is 0.493. The molecule has 0 atom stereocenters. The average molecular weight is 591 g/mol. The SMILES string of the molecule is CC(C)c1cc(C(C)C)c(S(=O)(=O)N=[N+]=[N-])c(C(C)C)c1.CC(C)c1cc(C(C)C)c2c(c1)C(C)(C)NS2(=O)=O. The first kappa shape index (κ1) is 33.8. The molecule has 0 fully saturated rings. The third-order valence-corrected chi connectivity index (χ3v) is 10.3. The van der Waals surface area contributed by atoms with Crippen LogP contribution >= 0.6 is 0 Å². The minimum atomic E-state index is -4.00. The summed E-state index contributed by atoms with van der Waals surface area (Å²) in [4.78, 5) is 3.15. The van der Waals surface area contributed by atoms with Crippen molar-refractivity contribution in [1.29, 1.82) is 0 Å². The molecular formula is C30H46N4O4S2. The van der Waals surface area contributed by atoms with Crippen LogP contribution in [-0.4, -0.2) is 16.8 Å². The number of nitrogens with one attached hydrogen (secondary N) is 1. The first-order valence-electron chi connectivity index (χ1n) is 13.9. The average Bonchev–Trinajstić information content (AvgIpc) is 3.01. The first-order chi connectivity index (χ1) is 18.2. The first-order valence-corrected chi connectivity index (χ1v) is 16.8. The molecule has 0 aromatic heterocycles. The van der Waals surface area contributed by atoms with Gasteiger partial charge in [-0.25, -0.2) is 21.6 Å². The molecule has 222 valence electrons. The molecule has 0 saturated heterocycles. The summed E-state index contributed by atoms with van der Waals surface area (Å²) in [5, 5.41) is 0. The zero-order valence-corrected chi connectivity index (χ0v) is 27.6. The number of sulfonamides is 2. The molecule has 3 rings (SSSR count). The molecule has 10 heteroatoms. The molecule has 8 nitrogen and oxygen atoms in total. The van der Waals surface area contributed by atoms with Gasteiger partial charge in [0, 0.05) is 9.43 Å². The lowest BCUT2D eigenvalue weighted by atomic mass is 9.87. The van der Waals surface area contributed by atoms with Crippen molar-refractivity contribution < 1.29 is 16.8 Å². The van der Waals surface area contributed by atoms with Crippen LogP contribution in [-0.2, 0) is 25.6 Å². The molecule has 0 unspecified atom stereocenters. The van der Waals surface area contributed by atoms with Crippen LogP contribution in [0.15, 0.2) is 38.6 Å². The molecule has 1 heterocycles. The quantitative estimate of drug-likeness (QED) is 0.197. The highest BCUT2D eigenvalue weighted by molar-refractivity contribution is 7.90. The van der Waals surface area contributed by atoms with Crippen LogP contribution in [0.25, 0.3) is 10.4 Å². The van der Waals surface area contributed by atoms with E-state index in [4.69, 9.17) is 5.53 Å². The van der Waals surface area contributed by atoms with E-state index in [9.17, 15) is 16.8 Å². The summed E-state index contributed by atoms with van der Waals surface area (Å²) in [5.74, 6) is 0.941. The third kappa shape index (κ3) is 7.08. The zero-order valence-electron chi connectivity index (χ0n) is 26.0. The Kier molecular flexibility index (Phi) is 10.3. The second kappa shape index (κ2) is 12.2. The lowest BCUT2D eigenvalue weighted by Gasteiger charge is -2.21. The molecule has 0 radical (unpaired) electrons. The van der Waals surface area contributed by atoms with Gasteiger partial charge >= 0.3 is 0 Å². The van der Waals surface area contributed by atoms with E-state index >= 15 is 0 Å². The fraction of sp³-hybridized carbons (Fsp3) is 0.600. The van der Waals surface area contributed by atoms with Crippen molar-refractivity contribution in [3.63, 3.8) is 0 Å². The number of hydrogen-bond donors (Lipinski definition) is 1. The van der Waals surface area contributed by atoms with E-state index in [1.807, 2.05) is 73.6 Å². The van der Waals surface area contributed by atoms with E-state index in [0.717, 1.165) is 27.8 Å². The molecule has 0 spiro atoms. The van der Waals surface area contributed by atoms with Crippen molar-refractivity contribution >= 4 is 20.0 Å². The molecule has 0 bridgehead atoms. The second-order valence-electron chi connectivity index (χ2n) is 12.7. The van der Waals surface area contributed by atoms with Crippen LogP contribution in [0, 0.1) is 0 Å². The summed E-state index contributed by atoms with van der Waals surface area (Å²) in [6, 6.07) is 7.93. The van der Waals surface area contributed by atoms with Crippen molar-refractivity contribution in [2.45, 2.75) is 128 Å². The molecular weight excluding hydrogens is 544 g/mol. The Labute approximate surface area is 241 Å². The Morgan fingerprint density at radius 2 is 1.15 bits per heavy atom. The Bertz CT molecular complexity index is 1490. The van der Waals surface area contributed by atoms with E-state index in [2.05, 4.69) is 47.9 Å². The smallest absolute Gasteiger partial charge is 0.216 e. The van der Waals surface area contributed by atoms with Crippen LogP contribution in [0.4, 0.5) is 0 Å². The summed E-state index contributed by atoms with van der Waals surface area (Å²) < 4.78 is 55.2. The fourth-order valence-electron chi connectivity index (χ4n) is 4.92. The normalized spacial score (nSPS) is 15.8. The Hall–Kier alpha value is -2.39. The fourth-order valence-corrected chi connectivity index (χ4v) is 8.37. The maximum atomic E-state index is 12.4. The molecule has 40 heavy (non-hydrogen) atoms. The van der Waals surface area contributed by atoms with Gasteiger partial charge in [-0.05, 0) is 82.3 Å². The van der Waals surface area contributed by atoms with E-state index in [1.165, 1.54) is 5.56 Å². The van der Waals surface area contributed by atoms with Crippen LogP contribution in [0.5, 0.6) is 0 Å². The van der Waals surface area contributed by atoms with Gasteiger partial charge in [0.15, 0.2) is 0 Å². The van der Waals surface area contributed by atoms with Crippen LogP contribution in [0.1, 0.15) is 146 Å². The van der Waals surface area contributed by atoms with Crippen molar-refractivity contribution in [1.82, 2.24) is 4.72 Å². The molecule has 2 aromatic rings. The van der Waals surface area contributed by atoms with Crippen molar-refractivity contribution in [3.8, 4) is 0 Å². The van der Waals surface area contributed by atoms with Crippen molar-refractivity contribution in [2.24, 2.45) is 4.52 Å². The van der Waals surface area contributed by atoms with Crippen LogP contribution < -0.4 is 4.72 Å². The Morgan fingerprint density at radius 1 is 0.750 bits per heavy atom. The van der Waals surface area contributed by atoms with Gasteiger partial charge < -0.3 is 0 Å². The van der Waals surface area contributed by atoms with Gasteiger partial charge in [0.25, 0.3) is 10.0 Å². The molecule has 0 aliphatic carbocycles. The van der Waals surface area contributed by atoms with Crippen molar-refractivity contribution in [2.75, 3.05) is 0 Å². The standard InChI is InChI=1S/C15H23N3O2S.C15H23NO2S/c1-9(2)12-7-13(10(3)4)15(14(8-12)11(5)6)21(19,20)18-17-16;1-9(2)11-7-12(10(3)4)14-13(8-11)15(5,6)16-19(14,17)18/h7-11H,1-6H3;7-10,16H,1-6H3. The number of benzene rings is 2. The summed E-state index contributed by atoms with van der Waals surface area (Å²) in [5.41, 5.74) is 13.6. The van der Waals surface area contributed by atoms with Crippen molar-refractivity contribution in [3.05, 3.63) is 68.1 Å². The maximum Gasteiger partial charge on any atom is 0.264 e. The topological polar surface area (TPSA) is 129 Å². The summed E-state index contributed by atoms with van der Waals surface area (Å²) in [7, 11) is -7.38. The minimum Gasteiger partial charge on any atom is -0.216 e. The molecule has 0 amide bonds. The van der Waals surface area contributed by atoms with E-state index in [1.54, 1.807) is 0 Å². The summed E-state index contributed by atoms with van der Waals surface area (Å²) >= 11 is 0. The van der Waals surface area contributed by atoms with Gasteiger partial charge in [0.05, 0.1) is 15.3 Å². The van der Waals surface area contributed by atoms with Gasteiger partial charge in [0.2, 0.25) is 10.0 Å². The minimum absolute atomic E-state index is 0.0277. The predicted molar refractivity (Wildman–Crippen MR) is 163 cm³/mol. The Morgan fingerprint density at radius 3 is 1.52 bits per heavy atom. The highest BCUT2D eigenvalue weighted by atomic mass is 32.2. The molecule has 1 N–H and O–H groups in total. The number of nitrogens with zero attached hydrogens (tertiary/aromatic N) is 3. The van der Waals surface area contributed by atoms with E-state index < -0.39 is 25.6 Å². The predicted octanol–water partition coefficient (Wildman–Crippen LogP) is 8.52. The van der Waals surface area contributed by atoms with Gasteiger partial charge in [-0.3, -0.25) is 0 Å². The largest absolute Gasteiger partial charge is 0.264 e. The van der Waals surface area contributed by atoms with Crippen LogP contribution in [0.3, 0.4) is 0 Å². The maximum absolute atomic E-state index is 12.4.